The molecule has 0 aliphatic heterocycles. The molecule has 14 heavy (non-hydrogen) atoms. The number of aryl methyl sites for hydroxylation is 1. The molecule has 0 bridgehead atoms. The van der Waals surface area contributed by atoms with Crippen molar-refractivity contribution in [1.29, 1.82) is 0 Å². The smallest absolute Gasteiger partial charge is 0.156 e. The fourth-order valence-electron chi connectivity index (χ4n) is 0.932. The lowest BCUT2D eigenvalue weighted by Crippen LogP contribution is -2.38. The summed E-state index contributed by atoms with van der Waals surface area (Å²) in [6, 6.07) is -0.137. The molecule has 1 heterocycles. The fraction of sp³-hybridized carbons (Fsp3) is 0.500. The first-order chi connectivity index (χ1) is 6.63. The van der Waals surface area contributed by atoms with E-state index >= 15 is 0 Å². The minimum Gasteiger partial charge on any atom is -0.409 e. The van der Waals surface area contributed by atoms with Crippen molar-refractivity contribution < 1.29 is 5.21 Å². The Kier molecular flexibility index (Phi) is 3.84. The molecule has 1 atom stereocenters. The van der Waals surface area contributed by atoms with Crippen molar-refractivity contribution in [1.82, 2.24) is 10.3 Å². The highest BCUT2D eigenvalue weighted by molar-refractivity contribution is 7.11. The summed E-state index contributed by atoms with van der Waals surface area (Å²) in [4.78, 5) is 5.27. The van der Waals surface area contributed by atoms with Gasteiger partial charge in [0.05, 0.1) is 11.0 Å². The van der Waals surface area contributed by atoms with Crippen LogP contribution < -0.4 is 11.1 Å². The van der Waals surface area contributed by atoms with E-state index in [2.05, 4.69) is 15.5 Å². The van der Waals surface area contributed by atoms with E-state index in [0.717, 1.165) is 9.88 Å². The molecule has 0 amide bonds. The summed E-state index contributed by atoms with van der Waals surface area (Å²) in [6.45, 7) is 4.48. The van der Waals surface area contributed by atoms with E-state index in [1.165, 1.54) is 0 Å². The third-order valence-electron chi connectivity index (χ3n) is 1.81. The summed E-state index contributed by atoms with van der Waals surface area (Å²) in [7, 11) is 0. The van der Waals surface area contributed by atoms with Gasteiger partial charge in [-0.15, -0.1) is 11.3 Å². The number of nitrogens with two attached hydrogens (primary N) is 1. The van der Waals surface area contributed by atoms with Crippen molar-refractivity contribution in [3.8, 4) is 0 Å². The summed E-state index contributed by atoms with van der Waals surface area (Å²) in [5, 5.41) is 15.5. The highest BCUT2D eigenvalue weighted by Crippen LogP contribution is 2.10. The highest BCUT2D eigenvalue weighted by Gasteiger charge is 2.07. The average Bonchev–Trinajstić information content (AvgIpc) is 2.59. The number of nitrogens with zero attached hydrogens (tertiary/aromatic N) is 2. The molecule has 6 heteroatoms. The predicted molar refractivity (Wildman–Crippen MR) is 56.6 cm³/mol. The second-order valence-corrected chi connectivity index (χ2v) is 4.29. The van der Waals surface area contributed by atoms with Crippen LogP contribution in [0.5, 0.6) is 0 Å². The lowest BCUT2D eigenvalue weighted by molar-refractivity contribution is 0.315. The van der Waals surface area contributed by atoms with Gasteiger partial charge in [-0.3, -0.25) is 0 Å². The van der Waals surface area contributed by atoms with Gasteiger partial charge >= 0.3 is 0 Å². The van der Waals surface area contributed by atoms with Gasteiger partial charge in [-0.05, 0) is 13.8 Å². The van der Waals surface area contributed by atoms with Crippen LogP contribution in [0.15, 0.2) is 11.4 Å². The molecule has 4 N–H and O–H groups in total. The molecule has 0 saturated carbocycles. The van der Waals surface area contributed by atoms with Crippen molar-refractivity contribution in [2.75, 3.05) is 0 Å². The molecule has 1 aromatic heterocycles. The molecule has 0 fully saturated rings. The molecule has 1 rings (SSSR count). The molecule has 0 saturated heterocycles. The zero-order valence-electron chi connectivity index (χ0n) is 8.19. The van der Waals surface area contributed by atoms with Gasteiger partial charge in [0.1, 0.15) is 0 Å². The maximum Gasteiger partial charge on any atom is 0.156 e. The van der Waals surface area contributed by atoms with Crippen LogP contribution in [0.2, 0.25) is 0 Å². The Morgan fingerprint density at radius 2 is 2.57 bits per heavy atom. The number of aromatic nitrogens is 1. The number of hydrogen-bond acceptors (Lipinski definition) is 5. The van der Waals surface area contributed by atoms with Crippen molar-refractivity contribution in [3.05, 3.63) is 16.1 Å². The predicted octanol–water partition coefficient (Wildman–Crippen LogP) is 0.676. The van der Waals surface area contributed by atoms with E-state index in [0.29, 0.717) is 6.54 Å². The van der Waals surface area contributed by atoms with Crippen LogP contribution in [-0.4, -0.2) is 22.1 Å². The van der Waals surface area contributed by atoms with E-state index < -0.39 is 0 Å². The van der Waals surface area contributed by atoms with Gasteiger partial charge in [0.15, 0.2) is 5.84 Å². The number of rotatable bonds is 4. The first-order valence-corrected chi connectivity index (χ1v) is 5.07. The minimum atomic E-state index is -0.137. The normalized spacial score (nSPS) is 14.3. The number of thiazole rings is 1. The molecule has 0 aromatic carbocycles. The zero-order valence-corrected chi connectivity index (χ0v) is 9.01. The lowest BCUT2D eigenvalue weighted by Gasteiger charge is -2.10. The molecule has 0 radical (unpaired) electrons. The topological polar surface area (TPSA) is 83.5 Å². The summed E-state index contributed by atoms with van der Waals surface area (Å²) in [6.07, 6.45) is 1.83. The summed E-state index contributed by atoms with van der Waals surface area (Å²) in [5.74, 6) is 0.186. The van der Waals surface area contributed by atoms with Crippen LogP contribution in [0.25, 0.3) is 0 Å². The van der Waals surface area contributed by atoms with Gasteiger partial charge in [0, 0.05) is 17.6 Å². The maximum atomic E-state index is 8.42. The Morgan fingerprint density at radius 1 is 1.86 bits per heavy atom. The molecule has 0 aliphatic carbocycles. The van der Waals surface area contributed by atoms with E-state index in [1.807, 2.05) is 20.0 Å². The molecule has 0 spiro atoms. The lowest BCUT2D eigenvalue weighted by atomic mass is 10.3. The largest absolute Gasteiger partial charge is 0.409 e. The van der Waals surface area contributed by atoms with Gasteiger partial charge in [-0.25, -0.2) is 4.98 Å². The Balaban J connectivity index is 2.41. The zero-order chi connectivity index (χ0) is 10.6. The van der Waals surface area contributed by atoms with Crippen LogP contribution in [0.3, 0.4) is 0 Å². The average molecular weight is 214 g/mol. The summed E-state index contributed by atoms with van der Waals surface area (Å²) < 4.78 is 0. The third kappa shape index (κ3) is 2.97. The molecular formula is C8H14N4OS. The molecule has 0 aliphatic rings. The number of amidine groups is 1. The Hall–Kier alpha value is -1.14. The van der Waals surface area contributed by atoms with Crippen LogP contribution in [0.1, 0.15) is 16.8 Å². The molecule has 1 aromatic rings. The Bertz CT molecular complexity index is 323. The van der Waals surface area contributed by atoms with Crippen molar-refractivity contribution in [2.45, 2.75) is 26.4 Å². The summed E-state index contributed by atoms with van der Waals surface area (Å²) >= 11 is 1.63. The van der Waals surface area contributed by atoms with Gasteiger partial charge in [-0.1, -0.05) is 5.16 Å². The van der Waals surface area contributed by atoms with Crippen molar-refractivity contribution in [2.24, 2.45) is 10.9 Å². The standard InChI is InChI=1S/C8H14N4OS/c1-5(8(9)12-13)10-3-7-4-11-6(2)14-7/h4-5,10,13H,3H2,1-2H3,(H2,9,12). The maximum absolute atomic E-state index is 8.42. The molecule has 78 valence electrons. The van der Waals surface area contributed by atoms with E-state index in [1.54, 1.807) is 11.3 Å². The first kappa shape index (κ1) is 10.9. The third-order valence-corrected chi connectivity index (χ3v) is 2.72. The molecule has 5 nitrogen and oxygen atoms in total. The quantitative estimate of drug-likeness (QED) is 0.298. The number of oxime groups is 1. The van der Waals surface area contributed by atoms with Gasteiger partial charge < -0.3 is 16.3 Å². The van der Waals surface area contributed by atoms with E-state index in [-0.39, 0.29) is 11.9 Å². The van der Waals surface area contributed by atoms with E-state index in [9.17, 15) is 0 Å². The fourth-order valence-corrected chi connectivity index (χ4v) is 1.68. The van der Waals surface area contributed by atoms with Crippen molar-refractivity contribution in [3.63, 3.8) is 0 Å². The SMILES string of the molecule is Cc1ncc(CNC(C)C(N)=NO)s1. The van der Waals surface area contributed by atoms with E-state index in [4.69, 9.17) is 10.9 Å². The van der Waals surface area contributed by atoms with Crippen LogP contribution in [0, 0.1) is 6.92 Å². The monoisotopic (exact) mass is 214 g/mol. The minimum absolute atomic E-state index is 0.137. The molecule has 1 unspecified atom stereocenters. The van der Waals surface area contributed by atoms with Crippen molar-refractivity contribution >= 4 is 17.2 Å². The number of nitrogens with one attached hydrogen (secondary N) is 1. The summed E-state index contributed by atoms with van der Waals surface area (Å²) in [5.41, 5.74) is 5.41. The number of hydrogen-bond donors (Lipinski definition) is 3. The van der Waals surface area contributed by atoms with Crippen LogP contribution in [-0.2, 0) is 6.54 Å². The highest BCUT2D eigenvalue weighted by atomic mass is 32.1. The van der Waals surface area contributed by atoms with Crippen LogP contribution >= 0.6 is 11.3 Å². The Labute approximate surface area is 86.6 Å². The van der Waals surface area contributed by atoms with Gasteiger partial charge in [0.2, 0.25) is 0 Å². The van der Waals surface area contributed by atoms with Gasteiger partial charge in [0.25, 0.3) is 0 Å². The second-order valence-electron chi connectivity index (χ2n) is 2.97. The molecular weight excluding hydrogens is 200 g/mol. The van der Waals surface area contributed by atoms with Crippen LogP contribution in [0.4, 0.5) is 0 Å². The van der Waals surface area contributed by atoms with Gasteiger partial charge in [-0.2, -0.15) is 0 Å². The first-order valence-electron chi connectivity index (χ1n) is 4.25. The second kappa shape index (κ2) is 4.92. The Morgan fingerprint density at radius 3 is 3.07 bits per heavy atom.